The van der Waals surface area contributed by atoms with E-state index in [0.29, 0.717) is 22.8 Å². The van der Waals surface area contributed by atoms with Crippen molar-refractivity contribution >= 4 is 29.5 Å². The number of hydrogen-bond donors (Lipinski definition) is 1. The van der Waals surface area contributed by atoms with Gasteiger partial charge in [0.05, 0.1) is 23.0 Å². The Hall–Kier alpha value is -4.18. The smallest absolute Gasteiger partial charge is 0.252 e. The molecule has 0 saturated carbocycles. The molecule has 0 aliphatic carbocycles. The van der Waals surface area contributed by atoms with Crippen molar-refractivity contribution in [2.45, 2.75) is 19.0 Å². The lowest BCUT2D eigenvalue weighted by molar-refractivity contribution is -0.494. The van der Waals surface area contributed by atoms with E-state index in [1.165, 1.54) is 22.8 Å². The molecule has 1 N–H and O–H groups in total. The van der Waals surface area contributed by atoms with E-state index >= 15 is 0 Å². The molecule has 0 spiro atoms. The van der Waals surface area contributed by atoms with Gasteiger partial charge in [-0.2, -0.15) is 5.10 Å². The number of pyridine rings is 1. The monoisotopic (exact) mass is 505 g/mol. The van der Waals surface area contributed by atoms with Gasteiger partial charge in [0.25, 0.3) is 5.56 Å². The van der Waals surface area contributed by atoms with Gasteiger partial charge in [0.2, 0.25) is 12.2 Å². The molecule has 4 heterocycles. The van der Waals surface area contributed by atoms with Crippen LogP contribution in [0.3, 0.4) is 0 Å². The highest BCUT2D eigenvalue weighted by Gasteiger charge is 2.24. The largest absolute Gasteiger partial charge is 0.337 e. The molecule has 4 aromatic rings. The van der Waals surface area contributed by atoms with E-state index in [2.05, 4.69) is 25.5 Å². The fraction of sp³-hybridized carbons (Fsp3) is 0.200. The maximum absolute atomic E-state index is 14.3. The number of hydrogen-bond acceptors (Lipinski definition) is 6. The average molecular weight is 506 g/mol. The van der Waals surface area contributed by atoms with Crippen molar-refractivity contribution in [3.05, 3.63) is 93.5 Å². The zero-order valence-electron chi connectivity index (χ0n) is 19.8. The normalized spacial score (nSPS) is 16.0. The molecule has 182 valence electrons. The van der Waals surface area contributed by atoms with Crippen LogP contribution in [0.5, 0.6) is 0 Å². The Morgan fingerprint density at radius 1 is 1.19 bits per heavy atom. The molecular weight excluding hydrogens is 483 g/mol. The van der Waals surface area contributed by atoms with Crippen LogP contribution in [0.25, 0.3) is 11.3 Å². The van der Waals surface area contributed by atoms with Crippen LogP contribution < -0.4 is 10.9 Å². The molecule has 1 aromatic carbocycles. The number of anilines is 1. The third-order valence-electron chi connectivity index (χ3n) is 5.89. The summed E-state index contributed by atoms with van der Waals surface area (Å²) in [4.78, 5) is 22.2. The second-order valence-corrected chi connectivity index (χ2v) is 8.94. The fourth-order valence-corrected chi connectivity index (χ4v) is 4.30. The maximum Gasteiger partial charge on any atom is 0.252 e. The third kappa shape index (κ3) is 4.67. The molecule has 1 aliphatic rings. The molecule has 0 amide bonds. The molecule has 2 atom stereocenters. The van der Waals surface area contributed by atoms with Gasteiger partial charge in [0.15, 0.2) is 13.1 Å². The summed E-state index contributed by atoms with van der Waals surface area (Å²) in [6.45, 7) is 1.92. The first-order valence-corrected chi connectivity index (χ1v) is 11.5. The average Bonchev–Trinajstić information content (AvgIpc) is 3.41. The van der Waals surface area contributed by atoms with Gasteiger partial charge >= 0.3 is 0 Å². The second-order valence-electron chi connectivity index (χ2n) is 8.54. The first kappa shape index (κ1) is 23.6. The highest BCUT2D eigenvalue weighted by molar-refractivity contribution is 6.30. The summed E-state index contributed by atoms with van der Waals surface area (Å²) in [5, 5.41) is 11.8. The Balaban J connectivity index is 1.50. The fourth-order valence-electron chi connectivity index (χ4n) is 4.18. The first-order valence-electron chi connectivity index (χ1n) is 11.2. The van der Waals surface area contributed by atoms with Gasteiger partial charge in [-0.15, -0.1) is 0 Å². The number of aryl methyl sites for hydroxylation is 1. The van der Waals surface area contributed by atoms with Crippen LogP contribution in [0, 0.1) is 5.82 Å². The molecule has 3 aromatic heterocycles. The molecule has 2 unspecified atom stereocenters. The number of rotatable bonds is 6. The quantitative estimate of drug-likeness (QED) is 0.406. The zero-order valence-corrected chi connectivity index (χ0v) is 20.6. The van der Waals surface area contributed by atoms with Crippen LogP contribution in [-0.4, -0.2) is 54.0 Å². The van der Waals surface area contributed by atoms with Crippen molar-refractivity contribution in [2.24, 2.45) is 12.1 Å². The lowest BCUT2D eigenvalue weighted by Crippen LogP contribution is -2.28. The van der Waals surface area contributed by atoms with Crippen LogP contribution in [0.4, 0.5) is 10.3 Å². The van der Waals surface area contributed by atoms with Crippen LogP contribution >= 0.6 is 11.6 Å². The van der Waals surface area contributed by atoms with E-state index in [1.807, 2.05) is 20.2 Å². The van der Waals surface area contributed by atoms with Crippen LogP contribution in [0.15, 0.2) is 71.1 Å². The SMILES string of the molecule is CC1=N[N+](C)=CC1Nc1nccc(-c2ccn(C(c3ccc(Cl)c(F)c3)c3cnn(C)c3)c(=O)c2)n1. The standard InChI is InChI=1S/C25H23ClFN8O/c1-15-22(14-34(3)32-15)31-25-28-8-6-21(30-25)16-7-9-35(23(36)11-16)24(18-12-29-33(2)13-18)17-4-5-19(26)20(27)10-17/h4-14,22,24H,1-3H3,(H,28,30,31)/q+1. The molecule has 9 nitrogen and oxygen atoms in total. The Morgan fingerprint density at radius 2 is 2.03 bits per heavy atom. The van der Waals surface area contributed by atoms with E-state index in [1.54, 1.807) is 59.4 Å². The predicted octanol–water partition coefficient (Wildman–Crippen LogP) is 3.35. The molecule has 1 aliphatic heterocycles. The van der Waals surface area contributed by atoms with Gasteiger partial charge < -0.3 is 9.88 Å². The van der Waals surface area contributed by atoms with Crippen molar-refractivity contribution < 1.29 is 9.07 Å². The zero-order chi connectivity index (χ0) is 25.4. The summed E-state index contributed by atoms with van der Waals surface area (Å²) in [5.74, 6) is -0.132. The van der Waals surface area contributed by atoms with Crippen LogP contribution in [-0.2, 0) is 7.05 Å². The summed E-state index contributed by atoms with van der Waals surface area (Å²) in [7, 11) is 3.64. The number of hydrazone groups is 1. The topological polar surface area (TPSA) is 93.0 Å². The minimum Gasteiger partial charge on any atom is -0.337 e. The van der Waals surface area contributed by atoms with Gasteiger partial charge in [-0.05, 0) is 41.9 Å². The lowest BCUT2D eigenvalue weighted by Gasteiger charge is -2.20. The van der Waals surface area contributed by atoms with Crippen molar-refractivity contribution in [1.29, 1.82) is 0 Å². The summed E-state index contributed by atoms with van der Waals surface area (Å²) >= 11 is 5.89. The highest BCUT2D eigenvalue weighted by atomic mass is 35.5. The number of benzene rings is 1. The Morgan fingerprint density at radius 3 is 2.69 bits per heavy atom. The summed E-state index contributed by atoms with van der Waals surface area (Å²) < 4.78 is 19.2. The van der Waals surface area contributed by atoms with E-state index in [0.717, 1.165) is 11.3 Å². The van der Waals surface area contributed by atoms with E-state index in [9.17, 15) is 9.18 Å². The van der Waals surface area contributed by atoms with Gasteiger partial charge in [-0.1, -0.05) is 22.4 Å². The number of halogens is 2. The molecule has 0 fully saturated rings. The van der Waals surface area contributed by atoms with Crippen LogP contribution in [0.1, 0.15) is 24.1 Å². The molecule has 0 radical (unpaired) electrons. The highest BCUT2D eigenvalue weighted by Crippen LogP contribution is 2.28. The second kappa shape index (κ2) is 9.46. The molecule has 11 heteroatoms. The molecule has 36 heavy (non-hydrogen) atoms. The first-order chi connectivity index (χ1) is 17.3. The van der Waals surface area contributed by atoms with E-state index in [-0.39, 0.29) is 16.6 Å². The lowest BCUT2D eigenvalue weighted by atomic mass is 10.0. The third-order valence-corrected chi connectivity index (χ3v) is 6.20. The van der Waals surface area contributed by atoms with E-state index < -0.39 is 11.9 Å². The van der Waals surface area contributed by atoms with E-state index in [4.69, 9.17) is 11.6 Å². The number of aromatic nitrogens is 5. The van der Waals surface area contributed by atoms with Crippen molar-refractivity contribution in [2.75, 3.05) is 12.4 Å². The number of nitrogens with zero attached hydrogens (tertiary/aromatic N) is 7. The van der Waals surface area contributed by atoms with Crippen molar-refractivity contribution in [1.82, 2.24) is 24.3 Å². The number of nitrogens with one attached hydrogen (secondary N) is 1. The molecule has 0 saturated heterocycles. The van der Waals surface area contributed by atoms with Crippen molar-refractivity contribution in [3.8, 4) is 11.3 Å². The van der Waals surface area contributed by atoms with Gasteiger partial charge in [0, 0.05) is 42.8 Å². The van der Waals surface area contributed by atoms with Gasteiger partial charge in [0.1, 0.15) is 11.5 Å². The Kier molecular flexibility index (Phi) is 6.19. The minimum absolute atomic E-state index is 0.0165. The maximum atomic E-state index is 14.3. The summed E-state index contributed by atoms with van der Waals surface area (Å²) in [5.41, 5.74) is 3.15. The predicted molar refractivity (Wildman–Crippen MR) is 136 cm³/mol. The van der Waals surface area contributed by atoms with Crippen LogP contribution in [0.2, 0.25) is 5.02 Å². The molecule has 0 bridgehead atoms. The molecule has 5 rings (SSSR count). The molecular formula is C25H23ClFN8O+. The van der Waals surface area contributed by atoms with Gasteiger partial charge in [-0.3, -0.25) is 9.48 Å². The summed E-state index contributed by atoms with van der Waals surface area (Å²) in [6.07, 6.45) is 8.68. The summed E-state index contributed by atoms with van der Waals surface area (Å²) in [6, 6.07) is 8.86. The Labute approximate surface area is 211 Å². The van der Waals surface area contributed by atoms with Crippen molar-refractivity contribution in [3.63, 3.8) is 0 Å². The minimum atomic E-state index is -0.591. The van der Waals surface area contributed by atoms with Gasteiger partial charge in [-0.25, -0.2) is 14.4 Å². The Bertz CT molecular complexity index is 1570.